The van der Waals surface area contributed by atoms with E-state index in [0.717, 1.165) is 232 Å². The van der Waals surface area contributed by atoms with Gasteiger partial charge in [0.15, 0.2) is 33.3 Å². The summed E-state index contributed by atoms with van der Waals surface area (Å²) in [5.41, 5.74) is 0. The SMILES string of the molecule is CCCCCCCCC(CCCCCCCC)C(=O)OCCCCCC(CN(CCCCNC(=O)CN(C)CC(=O)NCCCCN(CC(CCCCCCCCCCCCCCC(=O)O)O[Si](C)(C)C(C)(C)C)CC(CCCCCOC(=O)C(CCCCCCCC)CCCCCCCC)O[Si](C)(C)C(C)(C)C)CC(CCCCCCCCCCCCCCC(=O)O)O[Si](C)(C)C(C)(C)C)O[Si](C)(C)C(C)(C)C. The van der Waals surface area contributed by atoms with Crippen LogP contribution in [0.2, 0.25) is 72.5 Å². The van der Waals surface area contributed by atoms with Crippen molar-refractivity contribution in [1.29, 1.82) is 0 Å². The monoisotopic (exact) mass is 2100 g/mol. The Labute approximate surface area is 896 Å². The van der Waals surface area contributed by atoms with Crippen LogP contribution in [0.25, 0.3) is 0 Å². The van der Waals surface area contributed by atoms with E-state index in [1.807, 2.05) is 11.9 Å². The van der Waals surface area contributed by atoms with Crippen molar-refractivity contribution in [2.45, 2.75) is 644 Å². The molecule has 23 heteroatoms. The number of carboxylic acid groups (broad SMARTS) is 2. The zero-order valence-corrected chi connectivity index (χ0v) is 104. The lowest BCUT2D eigenvalue weighted by Gasteiger charge is -2.42. The molecular weight excluding hydrogens is 1860 g/mol. The van der Waals surface area contributed by atoms with Crippen molar-refractivity contribution in [3.8, 4) is 0 Å². The summed E-state index contributed by atoms with van der Waals surface area (Å²) in [6.45, 7) is 63.7. The molecule has 0 aromatic heterocycles. The molecule has 4 atom stereocenters. The molecule has 0 saturated heterocycles. The summed E-state index contributed by atoms with van der Waals surface area (Å²) >= 11 is 0. The average Bonchev–Trinajstić information content (AvgIpc) is 0.826. The van der Waals surface area contributed by atoms with E-state index >= 15 is 0 Å². The van der Waals surface area contributed by atoms with Gasteiger partial charge in [0.05, 0.1) is 62.6 Å². The molecule has 4 unspecified atom stereocenters. The highest BCUT2D eigenvalue weighted by molar-refractivity contribution is 6.75. The second-order valence-electron chi connectivity index (χ2n) is 50.8. The highest BCUT2D eigenvalue weighted by atomic mass is 28.4. The second kappa shape index (κ2) is 85.7. The maximum Gasteiger partial charge on any atom is 0.308 e. The number of esters is 2. The molecule has 0 aliphatic heterocycles. The van der Waals surface area contributed by atoms with Gasteiger partial charge in [-0.1, -0.05) is 419 Å². The lowest BCUT2D eigenvalue weighted by molar-refractivity contribution is -0.150. The van der Waals surface area contributed by atoms with Gasteiger partial charge < -0.3 is 48.0 Å². The molecular formula is C121H245N5O14Si4. The van der Waals surface area contributed by atoms with Crippen LogP contribution in [0.4, 0.5) is 0 Å². The van der Waals surface area contributed by atoms with Crippen LogP contribution in [-0.2, 0) is 55.9 Å². The third-order valence-corrected chi connectivity index (χ3v) is 50.8. The molecule has 0 aliphatic rings. The Bertz CT molecular complexity index is 2850. The Hall–Kier alpha value is -2.59. The second-order valence-corrected chi connectivity index (χ2v) is 69.8. The smallest absolute Gasteiger partial charge is 0.308 e. The molecule has 0 aromatic rings. The minimum atomic E-state index is -2.23. The van der Waals surface area contributed by atoms with Gasteiger partial charge in [-0.2, -0.15) is 0 Å². The number of nitrogens with zero attached hydrogens (tertiary/aromatic N) is 3. The van der Waals surface area contributed by atoms with E-state index in [2.05, 4.69) is 184 Å². The molecule has 854 valence electrons. The minimum absolute atomic E-state index is 0.000953. The fraction of sp³-hybridized carbons (Fsp3) is 0.950. The standard InChI is InChI=1S/C121H245N5O14Si4/c1-26-30-34-38-58-68-84-106(85-69-59-39-35-31-27-2)116(133)135-98-82-66-74-90-110(139-143(22,23)120(11,12)13)102-125(100-108(137-141(18,19)118(5,6)7)88-72-62-54-50-46-42-44-48-52-56-64-76-92-114(129)130)96-80-78-94-122-112(127)104-124(17)105-113(128)123-95-79-81-97-126(101-109(138-142(20,21)119(8,9)10)89-73-63-55-51-47-43-45-49-53-57-65-77-93-115(131)132)103-111(140-144(24,25)121(14,15)16)91-75-67-83-99-136-117(134)107(86-70-60-40-36-32-28-3)87-71-61-41-37-33-29-4/h106-111H,26-105H2,1-25H3,(H,122,127)(H,123,128)(H,129,130)(H,131,132). The Morgan fingerprint density at radius 3 is 0.667 bits per heavy atom. The first-order valence-electron chi connectivity index (χ1n) is 61.3. The van der Waals surface area contributed by atoms with Crippen LogP contribution in [0.15, 0.2) is 0 Å². The summed E-state index contributed by atoms with van der Waals surface area (Å²) in [4.78, 5) is 84.6. The summed E-state index contributed by atoms with van der Waals surface area (Å²) in [6.07, 6.45) is 74.7. The van der Waals surface area contributed by atoms with Crippen LogP contribution in [-0.4, -0.2) is 204 Å². The summed E-state index contributed by atoms with van der Waals surface area (Å²) in [5, 5.41) is 24.7. The van der Waals surface area contributed by atoms with E-state index in [1.54, 1.807) is 0 Å². The number of hydrogen-bond acceptors (Lipinski definition) is 15. The number of carbonyl (C=O) groups is 6. The number of ether oxygens (including phenoxy) is 2. The van der Waals surface area contributed by atoms with Gasteiger partial charge in [-0.05, 0) is 208 Å². The van der Waals surface area contributed by atoms with Crippen molar-refractivity contribution < 1.29 is 66.2 Å². The third kappa shape index (κ3) is 77.7. The topological polar surface area (TPSA) is 232 Å². The first kappa shape index (κ1) is 141. The van der Waals surface area contributed by atoms with E-state index < -0.39 is 45.2 Å². The van der Waals surface area contributed by atoms with Gasteiger partial charge in [0, 0.05) is 52.1 Å². The number of amides is 2. The lowest BCUT2D eigenvalue weighted by atomic mass is 9.94. The zero-order valence-electron chi connectivity index (χ0n) is 100. The number of carbonyl (C=O) groups excluding carboxylic acids is 4. The van der Waals surface area contributed by atoms with Crippen molar-refractivity contribution in [3.05, 3.63) is 0 Å². The van der Waals surface area contributed by atoms with Gasteiger partial charge >= 0.3 is 23.9 Å². The molecule has 0 heterocycles. The summed E-state index contributed by atoms with van der Waals surface area (Å²) < 4.78 is 42.5. The number of hydrogen-bond donors (Lipinski definition) is 4. The maximum atomic E-state index is 13.9. The van der Waals surface area contributed by atoms with Crippen LogP contribution in [0.3, 0.4) is 0 Å². The number of carboxylic acids is 2. The van der Waals surface area contributed by atoms with Crippen LogP contribution in [0.5, 0.6) is 0 Å². The van der Waals surface area contributed by atoms with Crippen LogP contribution in [0.1, 0.15) is 547 Å². The largest absolute Gasteiger partial charge is 0.481 e. The molecule has 0 aliphatic carbocycles. The van der Waals surface area contributed by atoms with Crippen LogP contribution >= 0.6 is 0 Å². The predicted molar refractivity (Wildman–Crippen MR) is 625 cm³/mol. The fourth-order valence-electron chi connectivity index (χ4n) is 19.0. The van der Waals surface area contributed by atoms with E-state index in [1.165, 1.54) is 231 Å². The normalized spacial score (nSPS) is 13.7. The van der Waals surface area contributed by atoms with Crippen molar-refractivity contribution in [2.75, 3.05) is 85.7 Å². The molecule has 0 fully saturated rings. The quantitative estimate of drug-likeness (QED) is 0.0252. The molecule has 19 nitrogen and oxygen atoms in total. The van der Waals surface area contributed by atoms with Gasteiger partial charge in [0.25, 0.3) is 0 Å². The maximum absolute atomic E-state index is 13.9. The number of likely N-dealkylation sites (N-methyl/N-ethyl adjacent to an activating group) is 1. The molecule has 0 saturated carbocycles. The lowest BCUT2D eigenvalue weighted by Crippen LogP contribution is -2.50. The molecule has 0 radical (unpaired) electrons. The van der Waals surface area contributed by atoms with Gasteiger partial charge in [-0.15, -0.1) is 0 Å². The first-order valence-corrected chi connectivity index (χ1v) is 73.0. The van der Waals surface area contributed by atoms with Crippen molar-refractivity contribution in [1.82, 2.24) is 25.3 Å². The average molecular weight is 2110 g/mol. The van der Waals surface area contributed by atoms with Gasteiger partial charge in [0.1, 0.15) is 0 Å². The number of nitrogens with one attached hydrogen (secondary N) is 2. The van der Waals surface area contributed by atoms with Gasteiger partial charge in [0.2, 0.25) is 11.8 Å². The molecule has 2 amide bonds. The molecule has 0 rings (SSSR count). The summed E-state index contributed by atoms with van der Waals surface area (Å²) in [6, 6.07) is 0. The van der Waals surface area contributed by atoms with E-state index in [-0.39, 0.29) is 106 Å². The summed E-state index contributed by atoms with van der Waals surface area (Å²) in [7, 11) is -6.97. The molecule has 144 heavy (non-hydrogen) atoms. The van der Waals surface area contributed by atoms with E-state index in [4.69, 9.17) is 37.4 Å². The first-order chi connectivity index (χ1) is 68.2. The van der Waals surface area contributed by atoms with Crippen molar-refractivity contribution in [2.24, 2.45) is 11.8 Å². The van der Waals surface area contributed by atoms with Gasteiger partial charge in [-0.3, -0.25) is 43.5 Å². The van der Waals surface area contributed by atoms with E-state index in [0.29, 0.717) is 26.3 Å². The third-order valence-electron chi connectivity index (χ3n) is 32.6. The Kier molecular flexibility index (Phi) is 84.2. The van der Waals surface area contributed by atoms with Gasteiger partial charge in [-0.25, -0.2) is 0 Å². The Balaban J connectivity index is 6.92. The van der Waals surface area contributed by atoms with Crippen molar-refractivity contribution >= 4 is 69.0 Å². The number of rotatable bonds is 102. The fourth-order valence-corrected chi connectivity index (χ4v) is 24.5. The number of aliphatic carboxylic acids is 2. The molecule has 0 spiro atoms. The number of unbranched alkanes of at least 4 members (excludes halogenated alkanes) is 48. The van der Waals surface area contributed by atoms with Crippen molar-refractivity contribution in [3.63, 3.8) is 0 Å². The highest BCUT2D eigenvalue weighted by Gasteiger charge is 2.44. The van der Waals surface area contributed by atoms with Crippen LogP contribution in [0, 0.1) is 11.8 Å². The molecule has 4 N–H and O–H groups in total. The Morgan fingerprint density at radius 2 is 0.458 bits per heavy atom. The zero-order chi connectivity index (χ0) is 108. The Morgan fingerprint density at radius 1 is 0.264 bits per heavy atom. The van der Waals surface area contributed by atoms with Crippen LogP contribution < -0.4 is 10.6 Å². The summed E-state index contributed by atoms with van der Waals surface area (Å²) in [5.74, 6) is -1.50. The van der Waals surface area contributed by atoms with E-state index in [9.17, 15) is 28.8 Å². The molecule has 0 bridgehead atoms. The minimum Gasteiger partial charge on any atom is -0.481 e. The molecule has 0 aromatic carbocycles. The predicted octanol–water partition coefficient (Wildman–Crippen LogP) is 34.4. The highest BCUT2D eigenvalue weighted by Crippen LogP contribution is 2.43.